The number of likely N-dealkylation sites (tertiary alicyclic amines) is 1. The van der Waals surface area contributed by atoms with Crippen molar-refractivity contribution in [2.75, 3.05) is 52.4 Å². The van der Waals surface area contributed by atoms with Gasteiger partial charge in [0.1, 0.15) is 0 Å². The van der Waals surface area contributed by atoms with Crippen molar-refractivity contribution >= 4 is 22.6 Å². The molecule has 172 valence electrons. The monoisotopic (exact) mass is 436 g/mol. The highest BCUT2D eigenvalue weighted by Gasteiger charge is 2.24. The van der Waals surface area contributed by atoms with Crippen LogP contribution < -0.4 is 5.32 Å². The van der Waals surface area contributed by atoms with E-state index in [2.05, 4.69) is 39.4 Å². The van der Waals surface area contributed by atoms with E-state index in [0.717, 1.165) is 57.7 Å². The highest BCUT2D eigenvalue weighted by molar-refractivity contribution is 5.87. The van der Waals surface area contributed by atoms with Gasteiger partial charge in [0, 0.05) is 39.3 Å². The molecule has 2 aliphatic heterocycles. The lowest BCUT2D eigenvalue weighted by molar-refractivity contribution is -0.133. The second kappa shape index (κ2) is 10.9. The van der Waals surface area contributed by atoms with Gasteiger partial charge in [-0.25, -0.2) is 0 Å². The van der Waals surface area contributed by atoms with E-state index in [-0.39, 0.29) is 17.9 Å². The van der Waals surface area contributed by atoms with Crippen molar-refractivity contribution in [2.45, 2.75) is 38.6 Å². The van der Waals surface area contributed by atoms with Gasteiger partial charge >= 0.3 is 0 Å². The number of carbonyl (C=O) groups excluding carboxylic acids is 2. The van der Waals surface area contributed by atoms with Crippen LogP contribution in [0.3, 0.4) is 0 Å². The van der Waals surface area contributed by atoms with Crippen molar-refractivity contribution in [3.05, 3.63) is 48.0 Å². The largest absolute Gasteiger partial charge is 0.348 e. The number of rotatable bonds is 6. The van der Waals surface area contributed by atoms with Crippen LogP contribution in [-0.2, 0) is 9.59 Å². The van der Waals surface area contributed by atoms with E-state index in [1.807, 2.05) is 30.0 Å². The maximum Gasteiger partial charge on any atom is 0.236 e. The van der Waals surface area contributed by atoms with Gasteiger partial charge in [0.15, 0.2) is 0 Å². The fourth-order valence-electron chi connectivity index (χ4n) is 4.91. The minimum atomic E-state index is -0.0406. The molecule has 2 saturated heterocycles. The number of piperazine rings is 1. The third kappa shape index (κ3) is 5.87. The van der Waals surface area contributed by atoms with Crippen LogP contribution in [0.1, 0.15) is 44.2 Å². The zero-order valence-corrected chi connectivity index (χ0v) is 19.3. The topological polar surface area (TPSA) is 55.9 Å². The molecule has 4 rings (SSSR count). The number of amides is 2. The van der Waals surface area contributed by atoms with Crippen LogP contribution in [0.15, 0.2) is 42.5 Å². The molecule has 2 heterocycles. The van der Waals surface area contributed by atoms with Crippen molar-refractivity contribution < 1.29 is 9.59 Å². The van der Waals surface area contributed by atoms with Crippen molar-refractivity contribution in [3.63, 3.8) is 0 Å². The number of fused-ring (bicyclic) bond motifs is 1. The summed E-state index contributed by atoms with van der Waals surface area (Å²) in [5.41, 5.74) is 1.15. The summed E-state index contributed by atoms with van der Waals surface area (Å²) in [6, 6.07) is 14.5. The molecule has 2 aromatic rings. The van der Waals surface area contributed by atoms with Crippen LogP contribution in [0.2, 0.25) is 0 Å². The van der Waals surface area contributed by atoms with Crippen molar-refractivity contribution in [3.8, 4) is 0 Å². The molecule has 0 radical (unpaired) electrons. The molecule has 0 aromatic heterocycles. The first kappa shape index (κ1) is 22.7. The number of nitrogens with one attached hydrogen (secondary N) is 1. The Morgan fingerprint density at radius 1 is 0.812 bits per heavy atom. The maximum atomic E-state index is 12.7. The van der Waals surface area contributed by atoms with Crippen LogP contribution in [0.5, 0.6) is 0 Å². The molecule has 0 aliphatic carbocycles. The predicted octanol–water partition coefficient (Wildman–Crippen LogP) is 3.04. The highest BCUT2D eigenvalue weighted by Crippen LogP contribution is 2.24. The van der Waals surface area contributed by atoms with E-state index in [4.69, 9.17) is 0 Å². The molecule has 0 saturated carbocycles. The van der Waals surface area contributed by atoms with Gasteiger partial charge in [-0.3, -0.25) is 19.4 Å². The van der Waals surface area contributed by atoms with Gasteiger partial charge in [0.25, 0.3) is 0 Å². The molecule has 2 amide bonds. The SMILES string of the molecule is CC(NC(=O)CN1CCN(CC(=O)N2CCCCCC2)CC1)c1cccc2ccccc12. The van der Waals surface area contributed by atoms with Gasteiger partial charge in [-0.15, -0.1) is 0 Å². The molecule has 2 aliphatic rings. The van der Waals surface area contributed by atoms with Gasteiger partial charge in [0.05, 0.1) is 19.1 Å². The predicted molar refractivity (Wildman–Crippen MR) is 128 cm³/mol. The third-order valence-electron chi connectivity index (χ3n) is 6.82. The lowest BCUT2D eigenvalue weighted by atomic mass is 10.00. The van der Waals surface area contributed by atoms with Crippen LogP contribution >= 0.6 is 0 Å². The van der Waals surface area contributed by atoms with Crippen LogP contribution in [0.4, 0.5) is 0 Å². The minimum Gasteiger partial charge on any atom is -0.348 e. The van der Waals surface area contributed by atoms with E-state index in [9.17, 15) is 9.59 Å². The average Bonchev–Trinajstić information content (AvgIpc) is 3.09. The Balaban J connectivity index is 1.22. The molecule has 2 fully saturated rings. The second-order valence-corrected chi connectivity index (χ2v) is 9.20. The summed E-state index contributed by atoms with van der Waals surface area (Å²) in [4.78, 5) is 31.8. The molecule has 0 spiro atoms. The Labute approximate surface area is 191 Å². The molecule has 32 heavy (non-hydrogen) atoms. The van der Waals surface area contributed by atoms with E-state index in [1.165, 1.54) is 23.6 Å². The quantitative estimate of drug-likeness (QED) is 0.756. The first-order valence-corrected chi connectivity index (χ1v) is 12.1. The molecular formula is C26H36N4O2. The van der Waals surface area contributed by atoms with E-state index in [0.29, 0.717) is 13.1 Å². The third-order valence-corrected chi connectivity index (χ3v) is 6.82. The van der Waals surface area contributed by atoms with Gasteiger partial charge in [0.2, 0.25) is 11.8 Å². The van der Waals surface area contributed by atoms with Gasteiger partial charge < -0.3 is 10.2 Å². The Bertz CT molecular complexity index is 910. The van der Waals surface area contributed by atoms with E-state index < -0.39 is 0 Å². The molecule has 6 nitrogen and oxygen atoms in total. The smallest absolute Gasteiger partial charge is 0.236 e. The lowest BCUT2D eigenvalue weighted by Crippen LogP contribution is -2.52. The van der Waals surface area contributed by atoms with Crippen LogP contribution in [0.25, 0.3) is 10.8 Å². The van der Waals surface area contributed by atoms with Crippen LogP contribution in [0, 0.1) is 0 Å². The van der Waals surface area contributed by atoms with E-state index in [1.54, 1.807) is 0 Å². The molecule has 0 bridgehead atoms. The summed E-state index contributed by atoms with van der Waals surface area (Å²) in [6.07, 6.45) is 4.74. The molecule has 1 atom stereocenters. The van der Waals surface area contributed by atoms with Gasteiger partial charge in [-0.05, 0) is 36.1 Å². The first-order chi connectivity index (χ1) is 15.6. The zero-order chi connectivity index (χ0) is 22.3. The molecule has 6 heteroatoms. The lowest BCUT2D eigenvalue weighted by Gasteiger charge is -2.35. The fraction of sp³-hybridized carbons (Fsp3) is 0.538. The minimum absolute atomic E-state index is 0.0406. The van der Waals surface area contributed by atoms with Crippen molar-refractivity contribution in [1.82, 2.24) is 20.0 Å². The normalized spacial score (nSPS) is 19.5. The van der Waals surface area contributed by atoms with Crippen LogP contribution in [-0.4, -0.2) is 78.9 Å². The average molecular weight is 437 g/mol. The summed E-state index contributed by atoms with van der Waals surface area (Å²) in [7, 11) is 0. The van der Waals surface area contributed by atoms with Gasteiger partial charge in [-0.2, -0.15) is 0 Å². The Morgan fingerprint density at radius 2 is 1.44 bits per heavy atom. The number of hydrogen-bond acceptors (Lipinski definition) is 4. The number of benzene rings is 2. The fourth-order valence-corrected chi connectivity index (χ4v) is 4.91. The highest BCUT2D eigenvalue weighted by atomic mass is 16.2. The first-order valence-electron chi connectivity index (χ1n) is 12.1. The number of hydrogen-bond donors (Lipinski definition) is 1. The maximum absolute atomic E-state index is 12.7. The Kier molecular flexibility index (Phi) is 7.76. The summed E-state index contributed by atoms with van der Waals surface area (Å²) < 4.78 is 0. The number of nitrogens with zero attached hydrogens (tertiary/aromatic N) is 3. The van der Waals surface area contributed by atoms with Crippen molar-refractivity contribution in [2.24, 2.45) is 0 Å². The molecule has 1 unspecified atom stereocenters. The second-order valence-electron chi connectivity index (χ2n) is 9.20. The molecule has 2 aromatic carbocycles. The molecule has 1 N–H and O–H groups in total. The van der Waals surface area contributed by atoms with E-state index >= 15 is 0 Å². The standard InChI is InChI=1S/C26H36N4O2/c1-21(23-12-8-10-22-9-4-5-11-24(22)23)27-25(31)19-28-15-17-29(18-16-28)20-26(32)30-13-6-2-3-7-14-30/h4-5,8-12,21H,2-3,6-7,13-20H2,1H3,(H,27,31). The summed E-state index contributed by atoms with van der Waals surface area (Å²) in [5.74, 6) is 0.321. The summed E-state index contributed by atoms with van der Waals surface area (Å²) >= 11 is 0. The Hall–Kier alpha value is -2.44. The van der Waals surface area contributed by atoms with Gasteiger partial charge in [-0.1, -0.05) is 55.3 Å². The Morgan fingerprint density at radius 3 is 2.16 bits per heavy atom. The summed E-state index contributed by atoms with van der Waals surface area (Å²) in [6.45, 7) is 8.11. The number of carbonyl (C=O) groups is 2. The zero-order valence-electron chi connectivity index (χ0n) is 19.3. The summed E-state index contributed by atoms with van der Waals surface area (Å²) in [5, 5.41) is 5.55. The molecular weight excluding hydrogens is 400 g/mol. The van der Waals surface area contributed by atoms with Crippen molar-refractivity contribution in [1.29, 1.82) is 0 Å².